The topological polar surface area (TPSA) is 44.1 Å². The Morgan fingerprint density at radius 2 is 2.00 bits per heavy atom. The molecular formula is C23H24N2O2S. The van der Waals surface area contributed by atoms with E-state index in [0.29, 0.717) is 5.56 Å². The van der Waals surface area contributed by atoms with Crippen molar-refractivity contribution in [1.82, 2.24) is 9.78 Å². The molecular weight excluding hydrogens is 368 g/mol. The predicted molar refractivity (Wildman–Crippen MR) is 115 cm³/mol. The predicted octanol–water partition coefficient (Wildman–Crippen LogP) is 5.41. The number of hydrogen-bond acceptors (Lipinski definition) is 4. The second kappa shape index (κ2) is 9.42. The van der Waals surface area contributed by atoms with Crippen LogP contribution in [0.4, 0.5) is 0 Å². The van der Waals surface area contributed by atoms with Gasteiger partial charge in [0.15, 0.2) is 5.78 Å². The van der Waals surface area contributed by atoms with Crippen LogP contribution in [-0.2, 0) is 12.3 Å². The van der Waals surface area contributed by atoms with Crippen LogP contribution in [0.5, 0.6) is 5.75 Å². The molecule has 0 N–H and O–H groups in total. The molecule has 0 radical (unpaired) electrons. The molecule has 0 spiro atoms. The number of thioether (sulfide) groups is 1. The van der Waals surface area contributed by atoms with Crippen molar-refractivity contribution in [2.75, 3.05) is 7.11 Å². The number of nitrogens with zero attached hydrogens (tertiary/aromatic N) is 2. The first kappa shape index (κ1) is 20.0. The van der Waals surface area contributed by atoms with Gasteiger partial charge in [0, 0.05) is 28.5 Å². The minimum atomic E-state index is -0.0418. The Morgan fingerprint density at radius 3 is 2.68 bits per heavy atom. The molecule has 144 valence electrons. The summed E-state index contributed by atoms with van der Waals surface area (Å²) in [5, 5.41) is 4.23. The molecule has 3 aromatic rings. The van der Waals surface area contributed by atoms with Crippen LogP contribution in [-0.4, -0.2) is 22.7 Å². The number of rotatable bonds is 8. The van der Waals surface area contributed by atoms with Gasteiger partial charge in [-0.25, -0.2) is 0 Å². The summed E-state index contributed by atoms with van der Waals surface area (Å²) in [4.78, 5) is 13.7. The molecule has 0 aliphatic carbocycles. The highest BCUT2D eigenvalue weighted by Crippen LogP contribution is 2.29. The number of methoxy groups -OCH3 is 1. The zero-order valence-electron chi connectivity index (χ0n) is 16.4. The summed E-state index contributed by atoms with van der Waals surface area (Å²) in [6.45, 7) is 4.68. The van der Waals surface area contributed by atoms with Crippen molar-refractivity contribution in [3.8, 4) is 5.75 Å². The molecule has 0 saturated heterocycles. The van der Waals surface area contributed by atoms with Gasteiger partial charge >= 0.3 is 0 Å². The monoisotopic (exact) mass is 392 g/mol. The van der Waals surface area contributed by atoms with E-state index >= 15 is 0 Å². The van der Waals surface area contributed by atoms with E-state index < -0.39 is 0 Å². The van der Waals surface area contributed by atoms with Crippen LogP contribution in [0.15, 0.2) is 65.7 Å². The van der Waals surface area contributed by atoms with Gasteiger partial charge in [-0.05, 0) is 43.7 Å². The van der Waals surface area contributed by atoms with Crippen LogP contribution in [0.2, 0.25) is 0 Å². The van der Waals surface area contributed by atoms with E-state index in [0.717, 1.165) is 34.9 Å². The van der Waals surface area contributed by atoms with Crippen LogP contribution in [0, 0.1) is 6.92 Å². The normalized spacial score (nSPS) is 11.1. The molecule has 0 bridgehead atoms. The number of aromatic nitrogens is 2. The number of carbonyl (C=O) groups excluding carboxylic acids is 1. The van der Waals surface area contributed by atoms with Crippen molar-refractivity contribution in [2.24, 2.45) is 0 Å². The Labute approximate surface area is 170 Å². The molecule has 2 aromatic carbocycles. The summed E-state index contributed by atoms with van der Waals surface area (Å²) >= 11 is 1.77. The lowest BCUT2D eigenvalue weighted by atomic mass is 10.1. The summed E-state index contributed by atoms with van der Waals surface area (Å²) < 4.78 is 7.38. The van der Waals surface area contributed by atoms with E-state index in [-0.39, 0.29) is 5.78 Å². The lowest BCUT2D eigenvalue weighted by Gasteiger charge is -2.09. The SMILES string of the molecule is CCn1ncc(C(=O)/C=C/c2ccc(CSc3ccccc3)c(OC)c2)c1C. The fraction of sp³-hybridized carbons (Fsp3) is 0.217. The zero-order valence-corrected chi connectivity index (χ0v) is 17.2. The van der Waals surface area contributed by atoms with Gasteiger partial charge in [-0.1, -0.05) is 36.4 Å². The first-order chi connectivity index (χ1) is 13.6. The first-order valence-electron chi connectivity index (χ1n) is 9.22. The minimum Gasteiger partial charge on any atom is -0.496 e. The Hall–Kier alpha value is -2.79. The van der Waals surface area contributed by atoms with E-state index in [1.54, 1.807) is 31.1 Å². The maximum Gasteiger partial charge on any atom is 0.189 e. The van der Waals surface area contributed by atoms with E-state index in [2.05, 4.69) is 23.3 Å². The second-order valence-electron chi connectivity index (χ2n) is 6.33. The van der Waals surface area contributed by atoms with Gasteiger partial charge in [-0.15, -0.1) is 11.8 Å². The molecule has 3 rings (SSSR count). The van der Waals surface area contributed by atoms with Crippen molar-refractivity contribution < 1.29 is 9.53 Å². The maximum absolute atomic E-state index is 12.5. The minimum absolute atomic E-state index is 0.0418. The van der Waals surface area contributed by atoms with E-state index in [1.807, 2.05) is 54.9 Å². The summed E-state index contributed by atoms with van der Waals surface area (Å²) in [5.41, 5.74) is 3.59. The molecule has 0 fully saturated rings. The van der Waals surface area contributed by atoms with Crippen LogP contribution < -0.4 is 4.74 Å². The Bertz CT molecular complexity index is 978. The largest absolute Gasteiger partial charge is 0.496 e. The molecule has 0 aliphatic rings. The number of benzene rings is 2. The highest BCUT2D eigenvalue weighted by Gasteiger charge is 2.11. The summed E-state index contributed by atoms with van der Waals surface area (Å²) in [5.74, 6) is 1.61. The summed E-state index contributed by atoms with van der Waals surface area (Å²) in [6.07, 6.45) is 5.05. The van der Waals surface area contributed by atoms with Gasteiger partial charge in [0.1, 0.15) is 5.75 Å². The standard InChI is InChI=1S/C23H24N2O2S/c1-4-25-17(2)21(15-24-25)22(26)13-11-18-10-12-19(23(14-18)27-3)16-28-20-8-6-5-7-9-20/h5-15H,4,16H2,1-3H3/b13-11+. The molecule has 0 atom stereocenters. The third-order valence-electron chi connectivity index (χ3n) is 4.54. The van der Waals surface area contributed by atoms with Gasteiger partial charge < -0.3 is 4.74 Å². The molecule has 0 aliphatic heterocycles. The lowest BCUT2D eigenvalue weighted by Crippen LogP contribution is -2.01. The van der Waals surface area contributed by atoms with E-state index in [9.17, 15) is 4.79 Å². The van der Waals surface area contributed by atoms with Crippen LogP contribution >= 0.6 is 11.8 Å². The van der Waals surface area contributed by atoms with E-state index in [4.69, 9.17) is 4.74 Å². The lowest BCUT2D eigenvalue weighted by molar-refractivity contribution is 0.104. The van der Waals surface area contributed by atoms with Gasteiger partial charge in [-0.3, -0.25) is 9.48 Å². The Balaban J connectivity index is 1.71. The zero-order chi connectivity index (χ0) is 19.9. The van der Waals surface area contributed by atoms with Gasteiger partial charge in [0.2, 0.25) is 0 Å². The first-order valence-corrected chi connectivity index (χ1v) is 10.2. The van der Waals surface area contributed by atoms with Crippen molar-refractivity contribution in [1.29, 1.82) is 0 Å². The average molecular weight is 393 g/mol. The number of allylic oxidation sites excluding steroid dienone is 1. The van der Waals surface area contributed by atoms with Crippen LogP contribution in [0.3, 0.4) is 0 Å². The quantitative estimate of drug-likeness (QED) is 0.292. The van der Waals surface area contributed by atoms with Crippen LogP contribution in [0.25, 0.3) is 6.08 Å². The summed E-state index contributed by atoms with van der Waals surface area (Å²) in [6, 6.07) is 16.3. The molecule has 5 heteroatoms. The Morgan fingerprint density at radius 1 is 1.21 bits per heavy atom. The van der Waals surface area contributed by atoms with Gasteiger partial charge in [0.25, 0.3) is 0 Å². The number of ketones is 1. The van der Waals surface area contributed by atoms with Crippen LogP contribution in [0.1, 0.15) is 34.1 Å². The van der Waals surface area contributed by atoms with Crippen molar-refractivity contribution in [3.63, 3.8) is 0 Å². The molecule has 0 saturated carbocycles. The fourth-order valence-electron chi connectivity index (χ4n) is 2.93. The molecule has 1 heterocycles. The van der Waals surface area contributed by atoms with Crippen molar-refractivity contribution >= 4 is 23.6 Å². The molecule has 1 aromatic heterocycles. The average Bonchev–Trinajstić information content (AvgIpc) is 3.12. The second-order valence-corrected chi connectivity index (χ2v) is 7.38. The van der Waals surface area contributed by atoms with E-state index in [1.165, 1.54) is 4.90 Å². The Kier molecular flexibility index (Phi) is 6.71. The smallest absolute Gasteiger partial charge is 0.189 e. The summed E-state index contributed by atoms with van der Waals surface area (Å²) in [7, 11) is 1.67. The molecule has 0 unspecified atom stereocenters. The van der Waals surface area contributed by atoms with Crippen molar-refractivity contribution in [2.45, 2.75) is 31.0 Å². The third kappa shape index (κ3) is 4.73. The third-order valence-corrected chi connectivity index (χ3v) is 5.60. The fourth-order valence-corrected chi connectivity index (χ4v) is 3.84. The molecule has 4 nitrogen and oxygen atoms in total. The van der Waals surface area contributed by atoms with Gasteiger partial charge in [-0.2, -0.15) is 5.10 Å². The molecule has 0 amide bonds. The molecule has 28 heavy (non-hydrogen) atoms. The number of aryl methyl sites for hydroxylation is 1. The highest BCUT2D eigenvalue weighted by molar-refractivity contribution is 7.98. The maximum atomic E-state index is 12.5. The van der Waals surface area contributed by atoms with Crippen molar-refractivity contribution in [3.05, 3.63) is 83.2 Å². The van der Waals surface area contributed by atoms with Gasteiger partial charge in [0.05, 0.1) is 18.9 Å². The number of hydrogen-bond donors (Lipinski definition) is 0. The highest BCUT2D eigenvalue weighted by atomic mass is 32.2. The number of carbonyl (C=O) groups is 1. The number of ether oxygens (including phenoxy) is 1.